The number of hydrogen-bond donors (Lipinski definition) is 1. The Morgan fingerprint density at radius 2 is 1.77 bits per heavy atom. The number of nitrogens with one attached hydrogen (secondary N) is 1. The molecule has 30 heavy (non-hydrogen) atoms. The number of imide groups is 1. The van der Waals surface area contributed by atoms with Crippen LogP contribution in [0.15, 0.2) is 42.1 Å². The van der Waals surface area contributed by atoms with E-state index in [-0.39, 0.29) is 46.8 Å². The van der Waals surface area contributed by atoms with Crippen molar-refractivity contribution in [3.63, 3.8) is 0 Å². The van der Waals surface area contributed by atoms with Gasteiger partial charge in [0.1, 0.15) is 5.70 Å². The third kappa shape index (κ3) is 4.64. The van der Waals surface area contributed by atoms with E-state index in [4.69, 9.17) is 27.9 Å². The first-order valence-electron chi connectivity index (χ1n) is 9.08. The molecule has 9 heteroatoms. The molecule has 0 saturated heterocycles. The highest BCUT2D eigenvalue weighted by atomic mass is 35.5. The Labute approximate surface area is 182 Å². The first-order chi connectivity index (χ1) is 14.2. The van der Waals surface area contributed by atoms with Crippen LogP contribution >= 0.6 is 23.2 Å². The highest BCUT2D eigenvalue weighted by molar-refractivity contribution is 6.41. The lowest BCUT2D eigenvalue weighted by Crippen LogP contribution is -2.35. The summed E-state index contributed by atoms with van der Waals surface area (Å²) >= 11 is 12.2. The van der Waals surface area contributed by atoms with Crippen LogP contribution in [-0.4, -0.2) is 36.0 Å². The van der Waals surface area contributed by atoms with Gasteiger partial charge in [-0.2, -0.15) is 0 Å². The van der Waals surface area contributed by atoms with Crippen LogP contribution in [0.3, 0.4) is 0 Å². The molecule has 0 fully saturated rings. The Bertz CT molecular complexity index is 1040. The quantitative estimate of drug-likeness (QED) is 0.605. The summed E-state index contributed by atoms with van der Waals surface area (Å²) < 4.78 is 32.3. The first kappa shape index (κ1) is 22.2. The number of anilines is 1. The molecule has 1 N–H and O–H groups in total. The minimum atomic E-state index is -1.09. The van der Waals surface area contributed by atoms with E-state index in [1.165, 1.54) is 24.3 Å². The van der Waals surface area contributed by atoms with Crippen LogP contribution in [0.25, 0.3) is 5.57 Å². The molecule has 0 saturated carbocycles. The number of carbonyl (C=O) groups is 2. The third-order valence-electron chi connectivity index (χ3n) is 4.32. The van der Waals surface area contributed by atoms with Crippen molar-refractivity contribution in [1.29, 1.82) is 0 Å². The first-order valence-corrected chi connectivity index (χ1v) is 9.84. The van der Waals surface area contributed by atoms with Gasteiger partial charge in [-0.15, -0.1) is 0 Å². The predicted octanol–water partition coefficient (Wildman–Crippen LogP) is 4.89. The number of ether oxygens (including phenoxy) is 1. The molecule has 0 aliphatic carbocycles. The summed E-state index contributed by atoms with van der Waals surface area (Å²) in [6.45, 7) is 3.84. The zero-order valence-electron chi connectivity index (χ0n) is 16.1. The fourth-order valence-corrected chi connectivity index (χ4v) is 3.44. The van der Waals surface area contributed by atoms with Crippen molar-refractivity contribution < 1.29 is 23.1 Å². The van der Waals surface area contributed by atoms with Gasteiger partial charge in [0.2, 0.25) is 0 Å². The van der Waals surface area contributed by atoms with E-state index in [2.05, 4.69) is 5.32 Å². The van der Waals surface area contributed by atoms with Gasteiger partial charge in [-0.3, -0.25) is 14.5 Å². The SMILES string of the molecule is CC(C)OCCN1C(=O)C(Nc2ccc(F)c(F)c2)=C(c2ccc(Cl)cc2Cl)C1=O. The van der Waals surface area contributed by atoms with Crippen molar-refractivity contribution in [2.75, 3.05) is 18.5 Å². The van der Waals surface area contributed by atoms with E-state index in [1.54, 1.807) is 0 Å². The zero-order chi connectivity index (χ0) is 22.0. The van der Waals surface area contributed by atoms with Crippen LogP contribution in [0, 0.1) is 11.6 Å². The Balaban J connectivity index is 2.02. The summed E-state index contributed by atoms with van der Waals surface area (Å²) in [7, 11) is 0. The molecule has 2 amide bonds. The van der Waals surface area contributed by atoms with Crippen molar-refractivity contribution in [3.05, 3.63) is 69.3 Å². The maximum atomic E-state index is 13.6. The summed E-state index contributed by atoms with van der Waals surface area (Å²) in [6, 6.07) is 7.57. The van der Waals surface area contributed by atoms with Gasteiger partial charge in [-0.25, -0.2) is 8.78 Å². The molecule has 0 unspecified atom stereocenters. The second-order valence-corrected chi connectivity index (χ2v) is 7.65. The largest absolute Gasteiger partial charge is 0.377 e. The Morgan fingerprint density at radius 1 is 1.03 bits per heavy atom. The molecule has 2 aromatic rings. The average Bonchev–Trinajstić information content (AvgIpc) is 2.89. The number of carbonyl (C=O) groups excluding carboxylic acids is 2. The van der Waals surface area contributed by atoms with E-state index < -0.39 is 23.4 Å². The van der Waals surface area contributed by atoms with Crippen molar-refractivity contribution in [3.8, 4) is 0 Å². The van der Waals surface area contributed by atoms with Gasteiger partial charge < -0.3 is 10.1 Å². The smallest absolute Gasteiger partial charge is 0.278 e. The van der Waals surface area contributed by atoms with Crippen molar-refractivity contribution in [1.82, 2.24) is 4.90 Å². The number of nitrogens with zero attached hydrogens (tertiary/aromatic N) is 1. The minimum absolute atomic E-state index is 0.0101. The van der Waals surface area contributed by atoms with Crippen LogP contribution < -0.4 is 5.32 Å². The summed E-state index contributed by atoms with van der Waals surface area (Å²) in [5.74, 6) is -3.33. The molecule has 1 aliphatic heterocycles. The van der Waals surface area contributed by atoms with E-state index in [0.29, 0.717) is 5.02 Å². The predicted molar refractivity (Wildman–Crippen MR) is 111 cm³/mol. The summed E-state index contributed by atoms with van der Waals surface area (Å²) in [6.07, 6.45) is -0.0734. The number of hydrogen-bond acceptors (Lipinski definition) is 4. The second-order valence-electron chi connectivity index (χ2n) is 6.81. The summed E-state index contributed by atoms with van der Waals surface area (Å²) in [5, 5.41) is 3.27. The van der Waals surface area contributed by atoms with E-state index >= 15 is 0 Å². The second kappa shape index (κ2) is 9.12. The summed E-state index contributed by atoms with van der Waals surface area (Å²) in [4.78, 5) is 27.1. The molecule has 1 heterocycles. The minimum Gasteiger partial charge on any atom is -0.377 e. The van der Waals surface area contributed by atoms with Crippen molar-refractivity contribution >= 4 is 46.3 Å². The highest BCUT2D eigenvalue weighted by Crippen LogP contribution is 2.35. The van der Waals surface area contributed by atoms with Gasteiger partial charge in [0.05, 0.1) is 29.9 Å². The van der Waals surface area contributed by atoms with Crippen LogP contribution in [-0.2, 0) is 14.3 Å². The lowest BCUT2D eigenvalue weighted by molar-refractivity contribution is -0.137. The fraction of sp³-hybridized carbons (Fsp3) is 0.238. The number of rotatable bonds is 7. The van der Waals surface area contributed by atoms with Crippen LogP contribution in [0.4, 0.5) is 14.5 Å². The maximum absolute atomic E-state index is 13.6. The molecule has 0 spiro atoms. The van der Waals surface area contributed by atoms with Crippen LogP contribution in [0.2, 0.25) is 10.0 Å². The topological polar surface area (TPSA) is 58.6 Å². The van der Waals surface area contributed by atoms with Gasteiger partial charge >= 0.3 is 0 Å². The Kier molecular flexibility index (Phi) is 6.75. The lowest BCUT2D eigenvalue weighted by atomic mass is 10.0. The van der Waals surface area contributed by atoms with Crippen LogP contribution in [0.1, 0.15) is 19.4 Å². The molecule has 5 nitrogen and oxygen atoms in total. The van der Waals surface area contributed by atoms with Gasteiger partial charge in [0.15, 0.2) is 11.6 Å². The average molecular weight is 455 g/mol. The normalized spacial score (nSPS) is 14.3. The fourth-order valence-electron chi connectivity index (χ4n) is 2.94. The van der Waals surface area contributed by atoms with Gasteiger partial charge in [0, 0.05) is 22.3 Å². The lowest BCUT2D eigenvalue weighted by Gasteiger charge is -2.16. The molecule has 2 aromatic carbocycles. The van der Waals surface area contributed by atoms with E-state index in [1.807, 2.05) is 13.8 Å². The molecule has 0 aromatic heterocycles. The maximum Gasteiger partial charge on any atom is 0.278 e. The van der Waals surface area contributed by atoms with Crippen molar-refractivity contribution in [2.24, 2.45) is 0 Å². The third-order valence-corrected chi connectivity index (χ3v) is 4.87. The van der Waals surface area contributed by atoms with E-state index in [9.17, 15) is 18.4 Å². The number of halogens is 4. The van der Waals surface area contributed by atoms with Gasteiger partial charge in [0.25, 0.3) is 11.8 Å². The molecule has 3 rings (SSSR count). The number of amides is 2. The Morgan fingerprint density at radius 3 is 2.40 bits per heavy atom. The summed E-state index contributed by atoms with van der Waals surface area (Å²) in [5.41, 5.74) is 0.306. The number of benzene rings is 2. The molecule has 1 aliphatic rings. The standard InChI is InChI=1S/C21H18Cl2F2N2O3/c1-11(2)30-8-7-27-20(28)18(14-5-3-12(22)9-15(14)23)19(21(27)29)26-13-4-6-16(24)17(25)10-13/h3-6,9-11,26H,7-8H2,1-2H3. The molecular formula is C21H18Cl2F2N2O3. The molecule has 0 radical (unpaired) electrons. The molecule has 0 bridgehead atoms. The zero-order valence-corrected chi connectivity index (χ0v) is 17.7. The highest BCUT2D eigenvalue weighted by Gasteiger charge is 2.39. The molecule has 0 atom stereocenters. The van der Waals surface area contributed by atoms with E-state index in [0.717, 1.165) is 17.0 Å². The van der Waals surface area contributed by atoms with Gasteiger partial charge in [-0.1, -0.05) is 29.3 Å². The van der Waals surface area contributed by atoms with Crippen molar-refractivity contribution in [2.45, 2.75) is 20.0 Å². The molecular weight excluding hydrogens is 437 g/mol. The molecule has 158 valence electrons. The Hall–Kier alpha value is -2.48. The van der Waals surface area contributed by atoms with Crippen LogP contribution in [0.5, 0.6) is 0 Å². The monoisotopic (exact) mass is 454 g/mol. The van der Waals surface area contributed by atoms with Gasteiger partial charge in [-0.05, 0) is 38.1 Å².